The van der Waals surface area contributed by atoms with Crippen molar-refractivity contribution in [1.82, 2.24) is 0 Å². The van der Waals surface area contributed by atoms with Gasteiger partial charge in [0.05, 0.1) is 0 Å². The highest BCUT2D eigenvalue weighted by Gasteiger charge is 2.19. The fraction of sp³-hybridized carbons (Fsp3) is 0.635. The van der Waals surface area contributed by atoms with E-state index in [-0.39, 0.29) is 31.1 Å². The molecule has 0 amide bonds. The second-order valence-corrected chi connectivity index (χ2v) is 21.3. The van der Waals surface area contributed by atoms with Gasteiger partial charge >= 0.3 is 17.9 Å². The summed E-state index contributed by atoms with van der Waals surface area (Å²) in [6.45, 7) is 6.33. The molecule has 0 heterocycles. The van der Waals surface area contributed by atoms with Crippen molar-refractivity contribution < 1.29 is 28.6 Å². The Kier molecular flexibility index (Phi) is 62.9. The molecule has 0 saturated carbocycles. The lowest BCUT2D eigenvalue weighted by Crippen LogP contribution is -2.30. The maximum atomic E-state index is 12.9. The van der Waals surface area contributed by atoms with Gasteiger partial charge in [0.2, 0.25) is 0 Å². The molecule has 0 aliphatic rings. The van der Waals surface area contributed by atoms with Gasteiger partial charge in [-0.1, -0.05) is 276 Å². The SMILES string of the molecule is CC/C=C\C/C=C\C/C=C\C/C=C\C/C=C\C/C=C\C/C=C\CCCCCCCC(=O)OCC(COC(=O)CCCCCCC/C=C\CCC)OC(=O)CCCCCCCCCCCCCC/C=C\C/C=C\C/C=C\C/C=C\CC. The number of unbranched alkanes of at least 4 members (excludes halogenated alkanes) is 23. The van der Waals surface area contributed by atoms with Crippen LogP contribution in [0.3, 0.4) is 0 Å². The maximum Gasteiger partial charge on any atom is 0.306 e. The van der Waals surface area contributed by atoms with Crippen molar-refractivity contribution in [3.63, 3.8) is 0 Å². The van der Waals surface area contributed by atoms with Crippen LogP contribution in [0.15, 0.2) is 146 Å². The van der Waals surface area contributed by atoms with E-state index in [1.54, 1.807) is 0 Å². The summed E-state index contributed by atoms with van der Waals surface area (Å²) in [6.07, 6.45) is 95.8. The Labute approximate surface area is 493 Å². The van der Waals surface area contributed by atoms with E-state index in [0.717, 1.165) is 167 Å². The third kappa shape index (κ3) is 64.1. The number of hydrogen-bond acceptors (Lipinski definition) is 6. The summed E-state index contributed by atoms with van der Waals surface area (Å²) in [5.74, 6) is -0.925. The summed E-state index contributed by atoms with van der Waals surface area (Å²) in [4.78, 5) is 38.3. The maximum absolute atomic E-state index is 12.9. The smallest absolute Gasteiger partial charge is 0.306 e. The minimum absolute atomic E-state index is 0.0934. The van der Waals surface area contributed by atoms with Crippen LogP contribution in [-0.2, 0) is 28.6 Å². The van der Waals surface area contributed by atoms with Crippen LogP contribution in [0.2, 0.25) is 0 Å². The zero-order valence-electron chi connectivity index (χ0n) is 51.8. The zero-order chi connectivity index (χ0) is 57.8. The van der Waals surface area contributed by atoms with Gasteiger partial charge in [-0.2, -0.15) is 0 Å². The molecule has 0 aliphatic carbocycles. The third-order valence-corrected chi connectivity index (χ3v) is 13.5. The Balaban J connectivity index is 4.31. The fourth-order valence-electron chi connectivity index (χ4n) is 8.71. The Morgan fingerprint density at radius 3 is 0.775 bits per heavy atom. The number of carbonyl (C=O) groups excluding carboxylic acids is 3. The predicted molar refractivity (Wildman–Crippen MR) is 348 cm³/mol. The van der Waals surface area contributed by atoms with E-state index in [2.05, 4.69) is 167 Å². The number of rotatable bonds is 58. The summed E-state index contributed by atoms with van der Waals surface area (Å²) in [7, 11) is 0. The van der Waals surface area contributed by atoms with E-state index in [4.69, 9.17) is 14.2 Å². The summed E-state index contributed by atoms with van der Waals surface area (Å²) in [5.41, 5.74) is 0. The molecule has 0 aromatic carbocycles. The molecule has 1 unspecified atom stereocenters. The summed E-state index contributed by atoms with van der Waals surface area (Å²) >= 11 is 0. The Bertz CT molecular complexity index is 1750. The topological polar surface area (TPSA) is 78.9 Å². The van der Waals surface area contributed by atoms with Crippen LogP contribution in [0.4, 0.5) is 0 Å². The lowest BCUT2D eigenvalue weighted by atomic mass is 10.0. The summed E-state index contributed by atoms with van der Waals surface area (Å²) in [6, 6.07) is 0. The normalized spacial score (nSPS) is 13.1. The van der Waals surface area contributed by atoms with Crippen LogP contribution in [0.1, 0.15) is 284 Å². The van der Waals surface area contributed by atoms with Crippen molar-refractivity contribution >= 4 is 17.9 Å². The van der Waals surface area contributed by atoms with E-state index >= 15 is 0 Å². The first kappa shape index (κ1) is 75.3. The van der Waals surface area contributed by atoms with Crippen molar-refractivity contribution in [1.29, 1.82) is 0 Å². The minimum atomic E-state index is -0.797. The van der Waals surface area contributed by atoms with Crippen molar-refractivity contribution in [2.45, 2.75) is 290 Å². The zero-order valence-corrected chi connectivity index (χ0v) is 51.8. The standard InChI is InChI=1S/C74H120O6/c1-4-7-10-13-16-19-22-24-26-28-30-32-34-36-37-39-40-42-44-46-48-50-52-55-58-61-64-67-73(76)79-70-71(69-78-72(75)66-63-60-57-54-21-18-15-12-9-6-3)80-74(77)68-65-62-59-56-53-51-49-47-45-43-41-38-35-33-31-29-27-25-23-20-17-14-11-8-5-2/h7-8,10-12,15-17,19-20,24-27,30-33,36-37,40,42,46,48,71H,4-6,9,13-14,18,21-23,28-29,34-35,38-39,41,43-45,47,49-70H2,1-3H3/b10-7-,11-8-,15-12-,19-16-,20-17-,26-24-,27-25-,32-30-,33-31-,37-36-,42-40-,48-46-. The molecule has 80 heavy (non-hydrogen) atoms. The number of allylic oxidation sites excluding steroid dienone is 24. The van der Waals surface area contributed by atoms with Crippen molar-refractivity contribution in [2.75, 3.05) is 13.2 Å². The Hall–Kier alpha value is -4.71. The summed E-state index contributed by atoms with van der Waals surface area (Å²) in [5, 5.41) is 0. The molecule has 0 spiro atoms. The van der Waals surface area contributed by atoms with Gasteiger partial charge in [-0.15, -0.1) is 0 Å². The lowest BCUT2D eigenvalue weighted by molar-refractivity contribution is -0.167. The van der Waals surface area contributed by atoms with Crippen LogP contribution in [0.25, 0.3) is 0 Å². The van der Waals surface area contributed by atoms with Crippen LogP contribution in [-0.4, -0.2) is 37.2 Å². The van der Waals surface area contributed by atoms with Gasteiger partial charge in [0, 0.05) is 19.3 Å². The van der Waals surface area contributed by atoms with Crippen LogP contribution < -0.4 is 0 Å². The highest BCUT2D eigenvalue weighted by Crippen LogP contribution is 2.15. The van der Waals surface area contributed by atoms with E-state index in [9.17, 15) is 14.4 Å². The largest absolute Gasteiger partial charge is 0.462 e. The molecule has 0 rings (SSSR count). The molecule has 0 N–H and O–H groups in total. The molecule has 0 aromatic heterocycles. The highest BCUT2D eigenvalue weighted by atomic mass is 16.6. The number of esters is 3. The average molecular weight is 1110 g/mol. The first-order chi connectivity index (χ1) is 39.5. The fourth-order valence-corrected chi connectivity index (χ4v) is 8.71. The van der Waals surface area contributed by atoms with Crippen LogP contribution >= 0.6 is 0 Å². The number of ether oxygens (including phenoxy) is 3. The van der Waals surface area contributed by atoms with Gasteiger partial charge in [0.25, 0.3) is 0 Å². The average Bonchev–Trinajstić information content (AvgIpc) is 3.46. The molecule has 0 bridgehead atoms. The number of carbonyl (C=O) groups is 3. The molecule has 0 aromatic rings. The highest BCUT2D eigenvalue weighted by molar-refractivity contribution is 5.71. The van der Waals surface area contributed by atoms with Gasteiger partial charge in [0.1, 0.15) is 13.2 Å². The van der Waals surface area contributed by atoms with E-state index in [0.29, 0.717) is 19.3 Å². The quantitative estimate of drug-likeness (QED) is 0.0261. The Morgan fingerprint density at radius 2 is 0.487 bits per heavy atom. The van der Waals surface area contributed by atoms with Gasteiger partial charge in [0.15, 0.2) is 6.10 Å². The monoisotopic (exact) mass is 1100 g/mol. The van der Waals surface area contributed by atoms with E-state index in [1.165, 1.54) is 77.0 Å². The van der Waals surface area contributed by atoms with Crippen LogP contribution in [0, 0.1) is 0 Å². The minimum Gasteiger partial charge on any atom is -0.462 e. The second kappa shape index (κ2) is 66.8. The molecule has 6 nitrogen and oxygen atoms in total. The van der Waals surface area contributed by atoms with Gasteiger partial charge in [-0.3, -0.25) is 14.4 Å². The van der Waals surface area contributed by atoms with Crippen LogP contribution in [0.5, 0.6) is 0 Å². The number of hydrogen-bond donors (Lipinski definition) is 0. The molecule has 6 heteroatoms. The molecule has 0 aliphatic heterocycles. The molecule has 0 saturated heterocycles. The lowest BCUT2D eigenvalue weighted by Gasteiger charge is -2.18. The van der Waals surface area contributed by atoms with Gasteiger partial charge < -0.3 is 14.2 Å². The molecule has 1 atom stereocenters. The van der Waals surface area contributed by atoms with E-state index in [1.807, 2.05) is 0 Å². The van der Waals surface area contributed by atoms with Crippen molar-refractivity contribution in [3.05, 3.63) is 146 Å². The molecule has 452 valence electrons. The second-order valence-electron chi connectivity index (χ2n) is 21.3. The van der Waals surface area contributed by atoms with Gasteiger partial charge in [-0.25, -0.2) is 0 Å². The van der Waals surface area contributed by atoms with Gasteiger partial charge in [-0.05, 0) is 135 Å². The molecule has 0 radical (unpaired) electrons. The predicted octanol–water partition coefficient (Wildman–Crippen LogP) is 22.7. The van der Waals surface area contributed by atoms with E-state index < -0.39 is 6.10 Å². The van der Waals surface area contributed by atoms with Crippen molar-refractivity contribution in [3.8, 4) is 0 Å². The first-order valence-corrected chi connectivity index (χ1v) is 32.8. The summed E-state index contributed by atoms with van der Waals surface area (Å²) < 4.78 is 16.9. The van der Waals surface area contributed by atoms with Crippen molar-refractivity contribution in [2.24, 2.45) is 0 Å². The molecular formula is C74H120O6. The Morgan fingerprint density at radius 1 is 0.263 bits per heavy atom. The third-order valence-electron chi connectivity index (χ3n) is 13.5. The molecular weight excluding hydrogens is 985 g/mol. The first-order valence-electron chi connectivity index (χ1n) is 32.8. The molecule has 0 fully saturated rings.